The Morgan fingerprint density at radius 2 is 2.13 bits per heavy atom. The van der Waals surface area contributed by atoms with Crippen molar-refractivity contribution in [3.63, 3.8) is 0 Å². The average molecular weight is 342 g/mol. The summed E-state index contributed by atoms with van der Waals surface area (Å²) in [5, 5.41) is 11.0. The molecule has 23 heavy (non-hydrogen) atoms. The maximum atomic E-state index is 8.84. The minimum absolute atomic E-state index is 0.0287. The zero-order chi connectivity index (χ0) is 16.8. The summed E-state index contributed by atoms with van der Waals surface area (Å²) in [7, 11) is 0. The molecular weight excluding hydrogens is 316 g/mol. The van der Waals surface area contributed by atoms with Crippen molar-refractivity contribution in [3.8, 4) is 0 Å². The number of ether oxygens (including phenoxy) is 1. The number of anilines is 3. The van der Waals surface area contributed by atoms with Crippen LogP contribution in [-0.2, 0) is 4.74 Å². The van der Waals surface area contributed by atoms with Gasteiger partial charge in [-0.25, -0.2) is 15.8 Å². The van der Waals surface area contributed by atoms with Gasteiger partial charge in [-0.2, -0.15) is 0 Å². The van der Waals surface area contributed by atoms with Crippen LogP contribution in [0.15, 0.2) is 5.16 Å². The van der Waals surface area contributed by atoms with Crippen molar-refractivity contribution in [3.05, 3.63) is 0 Å². The summed E-state index contributed by atoms with van der Waals surface area (Å²) in [4.78, 5) is 8.67. The molecule has 0 bridgehead atoms. The highest BCUT2D eigenvalue weighted by Gasteiger charge is 2.31. The monoisotopic (exact) mass is 342 g/mol. The number of hydrogen-bond acceptors (Lipinski definition) is 9. The van der Waals surface area contributed by atoms with E-state index in [-0.39, 0.29) is 24.6 Å². The van der Waals surface area contributed by atoms with E-state index in [1.165, 1.54) is 11.8 Å². The van der Waals surface area contributed by atoms with Gasteiger partial charge in [-0.15, -0.1) is 0 Å². The third-order valence-electron chi connectivity index (χ3n) is 3.81. The van der Waals surface area contributed by atoms with Crippen LogP contribution in [0.3, 0.4) is 0 Å². The van der Waals surface area contributed by atoms with Crippen LogP contribution in [0.1, 0.15) is 32.6 Å². The van der Waals surface area contributed by atoms with E-state index in [4.69, 9.17) is 27.2 Å². The van der Waals surface area contributed by atoms with Gasteiger partial charge in [-0.1, -0.05) is 18.7 Å². The molecule has 130 valence electrons. The first-order valence-corrected chi connectivity index (χ1v) is 8.87. The molecule has 1 aliphatic rings. The molecular formula is C14H26N6O2S. The first kappa shape index (κ1) is 18.1. The molecule has 1 aromatic heterocycles. The lowest BCUT2D eigenvalue weighted by Gasteiger charge is -2.26. The summed E-state index contributed by atoms with van der Waals surface area (Å²) in [6.07, 6.45) is 3.68. The van der Waals surface area contributed by atoms with Gasteiger partial charge in [-0.3, -0.25) is 5.01 Å². The maximum Gasteiger partial charge on any atom is 0.191 e. The summed E-state index contributed by atoms with van der Waals surface area (Å²) in [6, 6.07) is 0.0827. The topological polar surface area (TPSA) is 137 Å². The third-order valence-corrected chi connectivity index (χ3v) is 4.86. The predicted octanol–water partition coefficient (Wildman–Crippen LogP) is 0.753. The molecule has 1 heterocycles. The summed E-state index contributed by atoms with van der Waals surface area (Å²) in [6.45, 7) is 2.47. The van der Waals surface area contributed by atoms with Gasteiger partial charge in [-0.05, 0) is 25.7 Å². The van der Waals surface area contributed by atoms with E-state index < -0.39 is 0 Å². The molecule has 0 amide bonds. The predicted molar refractivity (Wildman–Crippen MR) is 93.0 cm³/mol. The van der Waals surface area contributed by atoms with E-state index in [1.807, 2.05) is 0 Å². The Balaban J connectivity index is 2.09. The number of aliphatic hydroxyl groups excluding tert-OH is 1. The summed E-state index contributed by atoms with van der Waals surface area (Å²) < 4.78 is 5.57. The van der Waals surface area contributed by atoms with E-state index in [2.05, 4.69) is 16.9 Å². The molecule has 1 aromatic rings. The third kappa shape index (κ3) is 4.60. The number of hydrogen-bond donors (Lipinski definition) is 4. The summed E-state index contributed by atoms with van der Waals surface area (Å²) in [5.41, 5.74) is 12.2. The van der Waals surface area contributed by atoms with Gasteiger partial charge in [0.25, 0.3) is 0 Å². The second-order valence-corrected chi connectivity index (χ2v) is 6.63. The Morgan fingerprint density at radius 1 is 1.35 bits per heavy atom. The van der Waals surface area contributed by atoms with Crippen molar-refractivity contribution in [2.24, 2.45) is 5.84 Å². The number of aromatic nitrogens is 2. The lowest BCUT2D eigenvalue weighted by atomic mass is 10.2. The SMILES string of the molecule is CCCSc1nc(N)c(N)c(N(N)[C@H]2CCC(OCCO)C2)n1. The van der Waals surface area contributed by atoms with Crippen molar-refractivity contribution in [1.29, 1.82) is 0 Å². The normalized spacial score (nSPS) is 20.8. The first-order chi connectivity index (χ1) is 11.1. The Labute approximate surface area is 140 Å². The standard InChI is InChI=1S/C14H26N6O2S/c1-2-7-23-14-18-12(16)11(15)13(19-14)20(17)9-3-4-10(8-9)22-6-5-21/h9-10,21H,2-8,15,17H2,1H3,(H2,16,18,19)/t9-,10?/m0/s1. The van der Waals surface area contributed by atoms with Gasteiger partial charge < -0.3 is 21.3 Å². The van der Waals surface area contributed by atoms with Crippen LogP contribution in [0.2, 0.25) is 0 Å². The van der Waals surface area contributed by atoms with Gasteiger partial charge in [0.05, 0.1) is 19.3 Å². The van der Waals surface area contributed by atoms with Crippen LogP contribution >= 0.6 is 11.8 Å². The van der Waals surface area contributed by atoms with Crippen molar-refractivity contribution >= 4 is 29.1 Å². The number of thioether (sulfide) groups is 1. The smallest absolute Gasteiger partial charge is 0.191 e. The first-order valence-electron chi connectivity index (χ1n) is 7.89. The molecule has 1 unspecified atom stereocenters. The van der Waals surface area contributed by atoms with Gasteiger partial charge in [0.1, 0.15) is 5.69 Å². The average Bonchev–Trinajstić information content (AvgIpc) is 3.02. The number of hydrazine groups is 1. The molecule has 2 atom stereocenters. The Morgan fingerprint density at radius 3 is 2.83 bits per heavy atom. The molecule has 1 fully saturated rings. The Hall–Kier alpha value is -1.29. The lowest BCUT2D eigenvalue weighted by Crippen LogP contribution is -2.41. The number of rotatable bonds is 8. The quantitative estimate of drug-likeness (QED) is 0.233. The zero-order valence-electron chi connectivity index (χ0n) is 13.4. The molecule has 7 N–H and O–H groups in total. The molecule has 2 rings (SSSR count). The molecule has 0 spiro atoms. The van der Waals surface area contributed by atoms with E-state index in [0.717, 1.165) is 31.4 Å². The second kappa shape index (κ2) is 8.53. The van der Waals surface area contributed by atoms with Crippen LogP contribution in [0.4, 0.5) is 17.3 Å². The van der Waals surface area contributed by atoms with Crippen LogP contribution < -0.4 is 22.3 Å². The highest BCUT2D eigenvalue weighted by atomic mass is 32.2. The van der Waals surface area contributed by atoms with E-state index in [0.29, 0.717) is 23.3 Å². The van der Waals surface area contributed by atoms with Gasteiger partial charge in [0, 0.05) is 11.8 Å². The Kier molecular flexibility index (Phi) is 6.70. The summed E-state index contributed by atoms with van der Waals surface area (Å²) in [5.74, 6) is 7.90. The molecule has 8 nitrogen and oxygen atoms in total. The number of nitrogens with zero attached hydrogens (tertiary/aromatic N) is 3. The van der Waals surface area contributed by atoms with Gasteiger partial charge >= 0.3 is 0 Å². The van der Waals surface area contributed by atoms with Crippen molar-refractivity contribution in [1.82, 2.24) is 9.97 Å². The maximum absolute atomic E-state index is 8.84. The highest BCUT2D eigenvalue weighted by molar-refractivity contribution is 7.99. The van der Waals surface area contributed by atoms with E-state index in [1.54, 1.807) is 5.01 Å². The number of nitrogen functional groups attached to an aromatic ring is 2. The molecule has 0 saturated heterocycles. The Bertz CT molecular complexity index is 518. The molecule has 1 aliphatic carbocycles. The minimum atomic E-state index is 0.0287. The van der Waals surface area contributed by atoms with Crippen molar-refractivity contribution in [2.45, 2.75) is 49.9 Å². The zero-order valence-corrected chi connectivity index (χ0v) is 14.3. The lowest BCUT2D eigenvalue weighted by molar-refractivity contribution is 0.0322. The second-order valence-electron chi connectivity index (χ2n) is 5.57. The molecule has 0 radical (unpaired) electrons. The fourth-order valence-electron chi connectivity index (χ4n) is 2.62. The highest BCUT2D eigenvalue weighted by Crippen LogP contribution is 2.33. The number of nitrogens with two attached hydrogens (primary N) is 3. The fourth-order valence-corrected chi connectivity index (χ4v) is 3.32. The molecule has 1 saturated carbocycles. The van der Waals surface area contributed by atoms with E-state index >= 15 is 0 Å². The molecule has 0 aromatic carbocycles. The van der Waals surface area contributed by atoms with Gasteiger partial charge in [0.15, 0.2) is 16.8 Å². The minimum Gasteiger partial charge on any atom is -0.394 e. The van der Waals surface area contributed by atoms with Crippen LogP contribution in [0.25, 0.3) is 0 Å². The van der Waals surface area contributed by atoms with Crippen molar-refractivity contribution in [2.75, 3.05) is 35.4 Å². The molecule has 0 aliphatic heterocycles. The fraction of sp³-hybridized carbons (Fsp3) is 0.714. The molecule has 9 heteroatoms. The van der Waals surface area contributed by atoms with Crippen molar-refractivity contribution < 1.29 is 9.84 Å². The largest absolute Gasteiger partial charge is 0.394 e. The summed E-state index contributed by atoms with van der Waals surface area (Å²) >= 11 is 1.54. The van der Waals surface area contributed by atoms with Crippen LogP contribution in [-0.4, -0.2) is 46.2 Å². The number of aliphatic hydroxyl groups is 1. The van der Waals surface area contributed by atoms with E-state index in [9.17, 15) is 0 Å². The van der Waals surface area contributed by atoms with Crippen LogP contribution in [0, 0.1) is 0 Å². The van der Waals surface area contributed by atoms with Gasteiger partial charge in [0.2, 0.25) is 0 Å². The van der Waals surface area contributed by atoms with Crippen LogP contribution in [0.5, 0.6) is 0 Å².